The largest absolute Gasteiger partial charge is 0.326 e. The minimum absolute atomic E-state index is 0.230. The average molecular weight is 279 g/mol. The molecule has 0 saturated heterocycles. The van der Waals surface area contributed by atoms with E-state index in [2.05, 4.69) is 5.32 Å². The van der Waals surface area contributed by atoms with E-state index >= 15 is 0 Å². The highest BCUT2D eigenvalue weighted by Gasteiger charge is 2.07. The number of carbonyl (C=O) groups is 1. The first-order valence-corrected chi connectivity index (χ1v) is 6.03. The Labute approximate surface area is 115 Å². The predicted molar refractivity (Wildman–Crippen MR) is 73.7 cm³/mol. The van der Waals surface area contributed by atoms with Crippen LogP contribution in [0.5, 0.6) is 0 Å². The van der Waals surface area contributed by atoms with E-state index in [1.54, 1.807) is 24.3 Å². The minimum atomic E-state index is -0.499. The second kappa shape index (κ2) is 5.82. The summed E-state index contributed by atoms with van der Waals surface area (Å²) in [7, 11) is 0. The molecule has 0 aromatic heterocycles. The van der Waals surface area contributed by atoms with Crippen molar-refractivity contribution in [2.75, 3.05) is 5.32 Å². The van der Waals surface area contributed by atoms with Crippen LogP contribution in [0.4, 0.5) is 10.1 Å². The van der Waals surface area contributed by atoms with E-state index in [9.17, 15) is 9.18 Å². The fourth-order valence-corrected chi connectivity index (χ4v) is 1.84. The summed E-state index contributed by atoms with van der Waals surface area (Å²) in [5.41, 5.74) is 7.20. The smallest absolute Gasteiger partial charge is 0.255 e. The van der Waals surface area contributed by atoms with Crippen molar-refractivity contribution in [3.63, 3.8) is 0 Å². The molecule has 0 bridgehead atoms. The van der Waals surface area contributed by atoms with E-state index in [1.807, 2.05) is 0 Å². The van der Waals surface area contributed by atoms with Crippen LogP contribution >= 0.6 is 11.6 Å². The average Bonchev–Trinajstić information content (AvgIpc) is 2.37. The van der Waals surface area contributed by atoms with Gasteiger partial charge in [-0.15, -0.1) is 0 Å². The summed E-state index contributed by atoms with van der Waals surface area (Å²) in [6, 6.07) is 10.7. The lowest BCUT2D eigenvalue weighted by atomic mass is 10.1. The topological polar surface area (TPSA) is 55.1 Å². The highest BCUT2D eigenvalue weighted by Crippen LogP contribution is 2.18. The molecule has 0 spiro atoms. The van der Waals surface area contributed by atoms with Gasteiger partial charge in [0.25, 0.3) is 5.91 Å². The molecule has 98 valence electrons. The van der Waals surface area contributed by atoms with Crippen LogP contribution in [0.1, 0.15) is 15.9 Å². The lowest BCUT2D eigenvalue weighted by molar-refractivity contribution is 0.102. The van der Waals surface area contributed by atoms with Crippen molar-refractivity contribution in [1.29, 1.82) is 0 Å². The van der Waals surface area contributed by atoms with Crippen LogP contribution in [0.3, 0.4) is 0 Å². The maximum Gasteiger partial charge on any atom is 0.255 e. The van der Waals surface area contributed by atoms with Crippen LogP contribution in [-0.2, 0) is 6.54 Å². The van der Waals surface area contributed by atoms with Crippen molar-refractivity contribution in [1.82, 2.24) is 0 Å². The molecule has 2 rings (SSSR count). The van der Waals surface area contributed by atoms with Crippen LogP contribution in [0.25, 0.3) is 0 Å². The second-order valence-electron chi connectivity index (χ2n) is 4.01. The molecule has 0 fully saturated rings. The summed E-state index contributed by atoms with van der Waals surface area (Å²) in [6.07, 6.45) is 0. The molecule has 5 heteroatoms. The Bertz CT molecular complexity index is 579. The monoisotopic (exact) mass is 278 g/mol. The van der Waals surface area contributed by atoms with Gasteiger partial charge in [0.1, 0.15) is 5.82 Å². The lowest BCUT2D eigenvalue weighted by Crippen LogP contribution is -2.12. The molecule has 2 aromatic carbocycles. The Morgan fingerprint density at radius 3 is 2.47 bits per heavy atom. The zero-order valence-electron chi connectivity index (χ0n) is 9.99. The summed E-state index contributed by atoms with van der Waals surface area (Å²) in [5.74, 6) is -0.827. The first-order valence-electron chi connectivity index (χ1n) is 5.65. The van der Waals surface area contributed by atoms with Crippen LogP contribution in [-0.4, -0.2) is 5.91 Å². The fraction of sp³-hybridized carbons (Fsp3) is 0.0714. The molecule has 0 aliphatic heterocycles. The number of halogens is 2. The van der Waals surface area contributed by atoms with Crippen LogP contribution < -0.4 is 11.1 Å². The van der Waals surface area contributed by atoms with Gasteiger partial charge in [-0.25, -0.2) is 4.39 Å². The van der Waals surface area contributed by atoms with Gasteiger partial charge in [-0.3, -0.25) is 4.79 Å². The number of hydrogen-bond acceptors (Lipinski definition) is 2. The third-order valence-corrected chi connectivity index (χ3v) is 2.79. The van der Waals surface area contributed by atoms with Crippen molar-refractivity contribution in [2.24, 2.45) is 5.73 Å². The number of benzene rings is 2. The van der Waals surface area contributed by atoms with Gasteiger partial charge in [0.15, 0.2) is 0 Å². The van der Waals surface area contributed by atoms with Crippen molar-refractivity contribution in [3.05, 3.63) is 64.4 Å². The molecule has 19 heavy (non-hydrogen) atoms. The molecule has 3 nitrogen and oxygen atoms in total. The van der Waals surface area contributed by atoms with E-state index in [0.29, 0.717) is 17.8 Å². The second-order valence-corrected chi connectivity index (χ2v) is 4.45. The molecular weight excluding hydrogens is 267 g/mol. The van der Waals surface area contributed by atoms with Crippen LogP contribution in [0, 0.1) is 5.82 Å². The maximum atomic E-state index is 13.1. The zero-order chi connectivity index (χ0) is 13.8. The number of nitrogens with one attached hydrogen (secondary N) is 1. The quantitative estimate of drug-likeness (QED) is 0.906. The first-order chi connectivity index (χ1) is 9.08. The van der Waals surface area contributed by atoms with Gasteiger partial charge in [0, 0.05) is 22.8 Å². The molecule has 0 heterocycles. The summed E-state index contributed by atoms with van der Waals surface area (Å²) in [4.78, 5) is 11.9. The molecular formula is C14H12ClFN2O. The van der Waals surface area contributed by atoms with E-state index in [0.717, 1.165) is 5.56 Å². The Morgan fingerprint density at radius 1 is 1.21 bits per heavy atom. The molecule has 0 radical (unpaired) electrons. The number of anilines is 1. The summed E-state index contributed by atoms with van der Waals surface area (Å²) in [5, 5.41) is 2.81. The molecule has 1 amide bonds. The van der Waals surface area contributed by atoms with Crippen molar-refractivity contribution >= 4 is 23.2 Å². The van der Waals surface area contributed by atoms with Crippen molar-refractivity contribution < 1.29 is 9.18 Å². The maximum absolute atomic E-state index is 13.1. The van der Waals surface area contributed by atoms with Crippen LogP contribution in [0.15, 0.2) is 42.5 Å². The molecule has 0 aliphatic carbocycles. The number of hydrogen-bond donors (Lipinski definition) is 2. The Hall–Kier alpha value is -1.91. The Morgan fingerprint density at radius 2 is 1.89 bits per heavy atom. The third kappa shape index (κ3) is 3.53. The van der Waals surface area contributed by atoms with Crippen molar-refractivity contribution in [2.45, 2.75) is 6.54 Å². The summed E-state index contributed by atoms with van der Waals surface area (Å²) in [6.45, 7) is 0.418. The van der Waals surface area contributed by atoms with E-state index in [4.69, 9.17) is 17.3 Å². The number of carbonyl (C=O) groups excluding carboxylic acids is 1. The van der Waals surface area contributed by atoms with Crippen molar-refractivity contribution in [3.8, 4) is 0 Å². The molecule has 0 saturated carbocycles. The molecule has 0 aliphatic rings. The number of nitrogens with two attached hydrogens (primary N) is 1. The molecule has 2 aromatic rings. The highest BCUT2D eigenvalue weighted by molar-refractivity contribution is 6.31. The number of amides is 1. The Balaban J connectivity index is 2.15. The number of rotatable bonds is 3. The van der Waals surface area contributed by atoms with Gasteiger partial charge in [0.05, 0.1) is 0 Å². The molecule has 0 unspecified atom stereocenters. The van der Waals surface area contributed by atoms with E-state index in [1.165, 1.54) is 18.2 Å². The first kappa shape index (κ1) is 13.5. The summed E-state index contributed by atoms with van der Waals surface area (Å²) >= 11 is 5.71. The standard InChI is InChI=1S/C14H12ClFN2O/c15-11-5-12(16)7-13(6-11)18-14(19)10-3-1-9(8-17)2-4-10/h1-7H,8,17H2,(H,18,19). The van der Waals surface area contributed by atoms with Gasteiger partial charge < -0.3 is 11.1 Å². The lowest BCUT2D eigenvalue weighted by Gasteiger charge is -2.06. The van der Waals surface area contributed by atoms with Gasteiger partial charge in [-0.05, 0) is 35.9 Å². The van der Waals surface area contributed by atoms with E-state index in [-0.39, 0.29) is 10.9 Å². The fourth-order valence-electron chi connectivity index (χ4n) is 1.62. The summed E-state index contributed by atoms with van der Waals surface area (Å²) < 4.78 is 13.1. The van der Waals surface area contributed by atoms with Gasteiger partial charge in [0.2, 0.25) is 0 Å². The van der Waals surface area contributed by atoms with Crippen LogP contribution in [0.2, 0.25) is 5.02 Å². The predicted octanol–water partition coefficient (Wildman–Crippen LogP) is 3.19. The normalized spacial score (nSPS) is 10.3. The third-order valence-electron chi connectivity index (χ3n) is 2.57. The SMILES string of the molecule is NCc1ccc(C(=O)Nc2cc(F)cc(Cl)c2)cc1. The zero-order valence-corrected chi connectivity index (χ0v) is 10.7. The molecule has 0 atom stereocenters. The molecule has 3 N–H and O–H groups in total. The van der Waals surface area contributed by atoms with Gasteiger partial charge in [-0.1, -0.05) is 23.7 Å². The van der Waals surface area contributed by atoms with E-state index < -0.39 is 5.82 Å². The highest BCUT2D eigenvalue weighted by atomic mass is 35.5. The Kier molecular flexibility index (Phi) is 4.14. The minimum Gasteiger partial charge on any atom is -0.326 e. The van der Waals surface area contributed by atoms with Gasteiger partial charge >= 0.3 is 0 Å². The van der Waals surface area contributed by atoms with Gasteiger partial charge in [-0.2, -0.15) is 0 Å².